The van der Waals surface area contributed by atoms with Crippen LogP contribution in [0.2, 0.25) is 0 Å². The molecule has 1 unspecified atom stereocenters. The van der Waals surface area contributed by atoms with Crippen LogP contribution >= 0.6 is 0 Å². The van der Waals surface area contributed by atoms with E-state index in [4.69, 9.17) is 5.26 Å². The molecule has 3 nitrogen and oxygen atoms in total. The van der Waals surface area contributed by atoms with Crippen molar-refractivity contribution in [2.45, 2.75) is 19.8 Å². The highest BCUT2D eigenvalue weighted by molar-refractivity contribution is 5.59. The predicted octanol–water partition coefficient (Wildman–Crippen LogP) is 3.08. The lowest BCUT2D eigenvalue weighted by atomic mass is 10.1. The van der Waals surface area contributed by atoms with Gasteiger partial charge in [-0.05, 0) is 19.4 Å². The maximum atomic E-state index is 8.81. The Hall–Kier alpha value is -2.21. The van der Waals surface area contributed by atoms with E-state index < -0.39 is 0 Å². The maximum absolute atomic E-state index is 8.81. The van der Waals surface area contributed by atoms with Crippen LogP contribution in [0.1, 0.15) is 24.0 Å². The van der Waals surface area contributed by atoms with Gasteiger partial charge in [-0.25, -0.2) is 9.97 Å². The predicted molar refractivity (Wildman–Crippen MR) is 66.2 cm³/mol. The first-order valence-corrected chi connectivity index (χ1v) is 5.50. The number of rotatable bonds is 2. The zero-order chi connectivity index (χ0) is 12.3. The minimum Gasteiger partial charge on any atom is -0.236 e. The molecular formula is C14H13N3. The van der Waals surface area contributed by atoms with Gasteiger partial charge in [-0.2, -0.15) is 5.26 Å². The van der Waals surface area contributed by atoms with Crippen molar-refractivity contribution in [2.24, 2.45) is 0 Å². The minimum absolute atomic E-state index is 0.166. The molecule has 0 fully saturated rings. The average Bonchev–Trinajstić information content (AvgIpc) is 2.39. The highest BCUT2D eigenvalue weighted by atomic mass is 14.9. The Bertz CT molecular complexity index is 552. The summed E-state index contributed by atoms with van der Waals surface area (Å²) in [5, 5.41) is 8.81. The quantitative estimate of drug-likeness (QED) is 0.786. The Kier molecular flexibility index (Phi) is 3.15. The Labute approximate surface area is 101 Å². The first-order valence-electron chi connectivity index (χ1n) is 5.50. The number of hydrogen-bond donors (Lipinski definition) is 0. The van der Waals surface area contributed by atoms with Crippen molar-refractivity contribution in [3.8, 4) is 17.5 Å². The topological polar surface area (TPSA) is 49.6 Å². The third-order valence-corrected chi connectivity index (χ3v) is 2.75. The van der Waals surface area contributed by atoms with Gasteiger partial charge in [-0.1, -0.05) is 24.3 Å². The zero-order valence-electron chi connectivity index (χ0n) is 9.88. The molecule has 2 aromatic rings. The average molecular weight is 223 g/mol. The third-order valence-electron chi connectivity index (χ3n) is 2.75. The first kappa shape index (κ1) is 11.3. The lowest BCUT2D eigenvalue weighted by Gasteiger charge is -2.05. The summed E-state index contributed by atoms with van der Waals surface area (Å²) in [7, 11) is 0. The first-order chi connectivity index (χ1) is 8.22. The second-order valence-corrected chi connectivity index (χ2v) is 4.01. The summed E-state index contributed by atoms with van der Waals surface area (Å²) in [5.41, 5.74) is 3.03. The van der Waals surface area contributed by atoms with E-state index in [1.807, 2.05) is 38.1 Å². The van der Waals surface area contributed by atoms with Gasteiger partial charge in [0.25, 0.3) is 0 Å². The van der Waals surface area contributed by atoms with Gasteiger partial charge in [0.1, 0.15) is 0 Å². The van der Waals surface area contributed by atoms with E-state index in [0.717, 1.165) is 16.7 Å². The van der Waals surface area contributed by atoms with Crippen LogP contribution in [0, 0.1) is 18.3 Å². The van der Waals surface area contributed by atoms with Gasteiger partial charge in [0, 0.05) is 23.5 Å². The molecule has 0 spiro atoms. The van der Waals surface area contributed by atoms with Crippen LogP contribution < -0.4 is 0 Å². The van der Waals surface area contributed by atoms with Crippen molar-refractivity contribution < 1.29 is 0 Å². The SMILES string of the molecule is Cc1ccccc1-c1ncc(C(C)C#N)cn1. The Morgan fingerprint density at radius 3 is 2.41 bits per heavy atom. The van der Waals surface area contributed by atoms with Crippen LogP contribution in [0.15, 0.2) is 36.7 Å². The second-order valence-electron chi connectivity index (χ2n) is 4.01. The minimum atomic E-state index is -0.166. The normalized spacial score (nSPS) is 11.8. The van der Waals surface area contributed by atoms with Crippen molar-refractivity contribution in [3.05, 3.63) is 47.8 Å². The fourth-order valence-electron chi connectivity index (χ4n) is 1.60. The van der Waals surface area contributed by atoms with Crippen LogP contribution in [0.3, 0.4) is 0 Å². The standard InChI is InChI=1S/C14H13N3/c1-10-5-3-4-6-13(10)14-16-8-12(9-17-14)11(2)7-15/h3-6,8-9,11H,1-2H3. The van der Waals surface area contributed by atoms with Crippen molar-refractivity contribution >= 4 is 0 Å². The van der Waals surface area contributed by atoms with E-state index in [2.05, 4.69) is 16.0 Å². The summed E-state index contributed by atoms with van der Waals surface area (Å²) in [6.07, 6.45) is 3.45. The summed E-state index contributed by atoms with van der Waals surface area (Å²) < 4.78 is 0. The summed E-state index contributed by atoms with van der Waals surface area (Å²) >= 11 is 0. The molecule has 0 aliphatic carbocycles. The monoisotopic (exact) mass is 223 g/mol. The van der Waals surface area contributed by atoms with Crippen molar-refractivity contribution in [2.75, 3.05) is 0 Å². The van der Waals surface area contributed by atoms with Gasteiger partial charge >= 0.3 is 0 Å². The van der Waals surface area contributed by atoms with Crippen LogP contribution in [0.5, 0.6) is 0 Å². The van der Waals surface area contributed by atoms with Gasteiger partial charge in [0.15, 0.2) is 5.82 Å². The van der Waals surface area contributed by atoms with Gasteiger partial charge in [-0.15, -0.1) is 0 Å². The van der Waals surface area contributed by atoms with Crippen molar-refractivity contribution in [1.29, 1.82) is 5.26 Å². The van der Waals surface area contributed by atoms with Crippen LogP contribution in [-0.4, -0.2) is 9.97 Å². The molecule has 0 bridgehead atoms. The molecule has 3 heteroatoms. The lowest BCUT2D eigenvalue weighted by Crippen LogP contribution is -1.96. The van der Waals surface area contributed by atoms with Gasteiger partial charge in [0.05, 0.1) is 12.0 Å². The van der Waals surface area contributed by atoms with Gasteiger partial charge in [-0.3, -0.25) is 0 Å². The molecule has 0 amide bonds. The van der Waals surface area contributed by atoms with E-state index in [1.165, 1.54) is 0 Å². The van der Waals surface area contributed by atoms with Gasteiger partial charge < -0.3 is 0 Å². The highest BCUT2D eigenvalue weighted by Gasteiger charge is 2.07. The number of hydrogen-bond acceptors (Lipinski definition) is 3. The van der Waals surface area contributed by atoms with E-state index in [0.29, 0.717) is 5.82 Å². The summed E-state index contributed by atoms with van der Waals surface area (Å²) in [5.74, 6) is 0.540. The third kappa shape index (κ3) is 2.31. The Balaban J connectivity index is 2.37. The molecule has 1 aromatic heterocycles. The van der Waals surface area contributed by atoms with E-state index in [-0.39, 0.29) is 5.92 Å². The number of aryl methyl sites for hydroxylation is 1. The molecule has 1 atom stereocenters. The lowest BCUT2D eigenvalue weighted by molar-refractivity contribution is 0.945. The number of benzene rings is 1. The molecule has 17 heavy (non-hydrogen) atoms. The van der Waals surface area contributed by atoms with Crippen LogP contribution in [-0.2, 0) is 0 Å². The molecule has 1 heterocycles. The highest BCUT2D eigenvalue weighted by Crippen LogP contribution is 2.20. The van der Waals surface area contributed by atoms with Gasteiger partial charge in [0.2, 0.25) is 0 Å². The largest absolute Gasteiger partial charge is 0.236 e. The molecule has 84 valence electrons. The molecule has 2 rings (SSSR count). The van der Waals surface area contributed by atoms with Crippen LogP contribution in [0.4, 0.5) is 0 Å². The number of nitrogens with zero attached hydrogens (tertiary/aromatic N) is 3. The van der Waals surface area contributed by atoms with E-state index >= 15 is 0 Å². The molecular weight excluding hydrogens is 210 g/mol. The fourth-order valence-corrected chi connectivity index (χ4v) is 1.60. The Morgan fingerprint density at radius 2 is 1.82 bits per heavy atom. The molecule has 1 aromatic carbocycles. The zero-order valence-corrected chi connectivity index (χ0v) is 9.88. The van der Waals surface area contributed by atoms with E-state index in [9.17, 15) is 0 Å². The molecule has 0 aliphatic rings. The van der Waals surface area contributed by atoms with Crippen LogP contribution in [0.25, 0.3) is 11.4 Å². The molecule has 0 saturated heterocycles. The summed E-state index contributed by atoms with van der Waals surface area (Å²) in [4.78, 5) is 8.63. The number of aromatic nitrogens is 2. The molecule has 0 N–H and O–H groups in total. The summed E-state index contributed by atoms with van der Waals surface area (Å²) in [6, 6.07) is 10.2. The molecule has 0 aliphatic heterocycles. The molecule has 0 radical (unpaired) electrons. The van der Waals surface area contributed by atoms with Crippen molar-refractivity contribution in [3.63, 3.8) is 0 Å². The fraction of sp³-hybridized carbons (Fsp3) is 0.214. The second kappa shape index (κ2) is 4.75. The number of nitriles is 1. The smallest absolute Gasteiger partial charge is 0.159 e. The molecule has 0 saturated carbocycles. The van der Waals surface area contributed by atoms with Crippen molar-refractivity contribution in [1.82, 2.24) is 9.97 Å². The Morgan fingerprint density at radius 1 is 1.18 bits per heavy atom. The van der Waals surface area contributed by atoms with E-state index in [1.54, 1.807) is 12.4 Å². The summed E-state index contributed by atoms with van der Waals surface area (Å²) in [6.45, 7) is 3.87. The maximum Gasteiger partial charge on any atom is 0.159 e.